The molecule has 1 amide bonds. The van der Waals surface area contributed by atoms with E-state index in [2.05, 4.69) is 10.3 Å². The third-order valence-corrected chi connectivity index (χ3v) is 4.11. The average Bonchev–Trinajstić information content (AvgIpc) is 2.82. The van der Waals surface area contributed by atoms with Crippen LogP contribution in [0.4, 0.5) is 9.52 Å². The molecule has 0 unspecified atom stereocenters. The Labute approximate surface area is 129 Å². The van der Waals surface area contributed by atoms with Crippen molar-refractivity contribution in [2.75, 3.05) is 5.32 Å². The molecule has 0 aliphatic heterocycles. The third kappa shape index (κ3) is 2.89. The molecule has 0 saturated heterocycles. The number of nitrogens with one attached hydrogen (secondary N) is 1. The molecule has 0 spiro atoms. The van der Waals surface area contributed by atoms with E-state index in [1.54, 1.807) is 0 Å². The summed E-state index contributed by atoms with van der Waals surface area (Å²) >= 11 is 7.36. The van der Waals surface area contributed by atoms with E-state index in [9.17, 15) is 9.18 Å². The summed E-state index contributed by atoms with van der Waals surface area (Å²) in [4.78, 5) is 16.5. The maximum atomic E-state index is 12.8. The standard InChI is InChI=1S/C15H10ClFN2OS/c1-8-6-10(16)7-12-13(8)18-15(21-12)19-14(20)9-2-4-11(17)5-3-9/h2-7H,1H3,(H,18,19,20). The predicted molar refractivity (Wildman–Crippen MR) is 83.7 cm³/mol. The van der Waals surface area contributed by atoms with E-state index in [1.807, 2.05) is 19.1 Å². The molecule has 0 radical (unpaired) electrons. The van der Waals surface area contributed by atoms with Crippen molar-refractivity contribution in [3.8, 4) is 0 Å². The van der Waals surface area contributed by atoms with Crippen molar-refractivity contribution < 1.29 is 9.18 Å². The average molecular weight is 321 g/mol. The first-order valence-corrected chi connectivity index (χ1v) is 7.36. The zero-order valence-electron chi connectivity index (χ0n) is 11.0. The highest BCUT2D eigenvalue weighted by Gasteiger charge is 2.11. The van der Waals surface area contributed by atoms with Crippen LogP contribution in [-0.2, 0) is 0 Å². The molecule has 0 bridgehead atoms. The number of fused-ring (bicyclic) bond motifs is 1. The van der Waals surface area contributed by atoms with Gasteiger partial charge in [0.1, 0.15) is 5.82 Å². The van der Waals surface area contributed by atoms with Crippen LogP contribution < -0.4 is 5.32 Å². The molecule has 0 saturated carbocycles. The number of thiazole rings is 1. The summed E-state index contributed by atoms with van der Waals surface area (Å²) in [7, 11) is 0. The molecule has 3 rings (SSSR count). The van der Waals surface area contributed by atoms with Gasteiger partial charge in [0, 0.05) is 10.6 Å². The molecule has 3 aromatic rings. The lowest BCUT2D eigenvalue weighted by Gasteiger charge is -2.00. The van der Waals surface area contributed by atoms with E-state index in [0.717, 1.165) is 15.8 Å². The molecule has 1 N–H and O–H groups in total. The summed E-state index contributed by atoms with van der Waals surface area (Å²) in [5.41, 5.74) is 2.15. The quantitative estimate of drug-likeness (QED) is 0.746. The van der Waals surface area contributed by atoms with Gasteiger partial charge in [0.25, 0.3) is 5.91 Å². The lowest BCUT2D eigenvalue weighted by atomic mass is 10.2. The van der Waals surface area contributed by atoms with E-state index in [0.29, 0.717) is 15.7 Å². The van der Waals surface area contributed by atoms with Crippen LogP contribution in [-0.4, -0.2) is 10.9 Å². The van der Waals surface area contributed by atoms with Crippen molar-refractivity contribution in [3.05, 3.63) is 58.4 Å². The number of amides is 1. The molecule has 1 aromatic heterocycles. The number of halogens is 2. The second-order valence-corrected chi connectivity index (χ2v) is 6.02. The van der Waals surface area contributed by atoms with Gasteiger partial charge in [-0.15, -0.1) is 0 Å². The van der Waals surface area contributed by atoms with E-state index in [-0.39, 0.29) is 11.7 Å². The maximum absolute atomic E-state index is 12.8. The Morgan fingerprint density at radius 2 is 2.00 bits per heavy atom. The van der Waals surface area contributed by atoms with Crippen LogP contribution in [0.3, 0.4) is 0 Å². The van der Waals surface area contributed by atoms with Gasteiger partial charge in [-0.3, -0.25) is 10.1 Å². The van der Waals surface area contributed by atoms with Crippen LogP contribution >= 0.6 is 22.9 Å². The van der Waals surface area contributed by atoms with Gasteiger partial charge in [0.15, 0.2) is 5.13 Å². The van der Waals surface area contributed by atoms with Gasteiger partial charge in [-0.1, -0.05) is 22.9 Å². The van der Waals surface area contributed by atoms with Gasteiger partial charge < -0.3 is 0 Å². The van der Waals surface area contributed by atoms with Gasteiger partial charge >= 0.3 is 0 Å². The first kappa shape index (κ1) is 14.0. The Morgan fingerprint density at radius 3 is 2.71 bits per heavy atom. The summed E-state index contributed by atoms with van der Waals surface area (Å²) in [6.07, 6.45) is 0. The number of carbonyl (C=O) groups excluding carboxylic acids is 1. The lowest BCUT2D eigenvalue weighted by Crippen LogP contribution is -2.11. The van der Waals surface area contributed by atoms with Gasteiger partial charge in [0.2, 0.25) is 0 Å². The molecule has 1 heterocycles. The van der Waals surface area contributed by atoms with Crippen molar-refractivity contribution in [1.82, 2.24) is 4.98 Å². The Bertz CT molecular complexity index is 830. The molecule has 0 atom stereocenters. The van der Waals surface area contributed by atoms with Crippen molar-refractivity contribution in [1.29, 1.82) is 0 Å². The molecular weight excluding hydrogens is 311 g/mol. The molecular formula is C15H10ClFN2OS. The molecule has 0 aliphatic carbocycles. The van der Waals surface area contributed by atoms with Gasteiger partial charge in [-0.2, -0.15) is 0 Å². The van der Waals surface area contributed by atoms with Crippen molar-refractivity contribution in [2.24, 2.45) is 0 Å². The van der Waals surface area contributed by atoms with E-state index < -0.39 is 0 Å². The first-order valence-electron chi connectivity index (χ1n) is 6.16. The Balaban J connectivity index is 1.89. The van der Waals surface area contributed by atoms with Gasteiger partial charge in [0.05, 0.1) is 10.2 Å². The number of carbonyl (C=O) groups is 1. The SMILES string of the molecule is Cc1cc(Cl)cc2sc(NC(=O)c3ccc(F)cc3)nc12. The van der Waals surface area contributed by atoms with Crippen LogP contribution in [0.15, 0.2) is 36.4 Å². The summed E-state index contributed by atoms with van der Waals surface area (Å²) in [6.45, 7) is 1.92. The first-order chi connectivity index (χ1) is 10.0. The van der Waals surface area contributed by atoms with Crippen LogP contribution in [0.2, 0.25) is 5.02 Å². The number of aryl methyl sites for hydroxylation is 1. The number of rotatable bonds is 2. The Morgan fingerprint density at radius 1 is 1.29 bits per heavy atom. The predicted octanol–water partition coefficient (Wildman–Crippen LogP) is 4.65. The summed E-state index contributed by atoms with van der Waals surface area (Å²) in [5, 5.41) is 3.85. The molecule has 3 nitrogen and oxygen atoms in total. The smallest absolute Gasteiger partial charge is 0.257 e. The minimum Gasteiger partial charge on any atom is -0.298 e. The number of anilines is 1. The highest BCUT2D eigenvalue weighted by atomic mass is 35.5. The highest BCUT2D eigenvalue weighted by molar-refractivity contribution is 7.22. The van der Waals surface area contributed by atoms with Gasteiger partial charge in [-0.05, 0) is 48.9 Å². The Hall–Kier alpha value is -1.98. The molecule has 106 valence electrons. The monoisotopic (exact) mass is 320 g/mol. The normalized spacial score (nSPS) is 10.8. The topological polar surface area (TPSA) is 42.0 Å². The largest absolute Gasteiger partial charge is 0.298 e. The third-order valence-electron chi connectivity index (χ3n) is 2.98. The second kappa shape index (κ2) is 5.42. The van der Waals surface area contributed by atoms with Crippen molar-refractivity contribution in [2.45, 2.75) is 6.92 Å². The number of benzene rings is 2. The summed E-state index contributed by atoms with van der Waals surface area (Å²) in [6, 6.07) is 9.00. The molecule has 0 fully saturated rings. The fourth-order valence-corrected chi connectivity index (χ4v) is 3.29. The van der Waals surface area contributed by atoms with E-state index in [1.165, 1.54) is 35.6 Å². The Kier molecular flexibility index (Phi) is 3.61. The lowest BCUT2D eigenvalue weighted by molar-refractivity contribution is 0.102. The van der Waals surface area contributed by atoms with Crippen molar-refractivity contribution >= 4 is 44.2 Å². The molecule has 2 aromatic carbocycles. The summed E-state index contributed by atoms with van der Waals surface area (Å²) < 4.78 is 13.8. The zero-order chi connectivity index (χ0) is 15.0. The zero-order valence-corrected chi connectivity index (χ0v) is 12.6. The fraction of sp³-hybridized carbons (Fsp3) is 0.0667. The molecule has 6 heteroatoms. The number of nitrogens with zero attached hydrogens (tertiary/aromatic N) is 1. The fourth-order valence-electron chi connectivity index (χ4n) is 1.98. The van der Waals surface area contributed by atoms with Crippen LogP contribution in [0.5, 0.6) is 0 Å². The number of hydrogen-bond acceptors (Lipinski definition) is 3. The highest BCUT2D eigenvalue weighted by Crippen LogP contribution is 2.31. The molecule has 0 aliphatic rings. The maximum Gasteiger partial charge on any atom is 0.257 e. The number of hydrogen-bond donors (Lipinski definition) is 1. The minimum absolute atomic E-state index is 0.321. The van der Waals surface area contributed by atoms with Crippen molar-refractivity contribution in [3.63, 3.8) is 0 Å². The second-order valence-electron chi connectivity index (χ2n) is 4.55. The van der Waals surface area contributed by atoms with Crippen LogP contribution in [0.25, 0.3) is 10.2 Å². The van der Waals surface area contributed by atoms with E-state index in [4.69, 9.17) is 11.6 Å². The molecule has 21 heavy (non-hydrogen) atoms. The van der Waals surface area contributed by atoms with Crippen LogP contribution in [0.1, 0.15) is 15.9 Å². The van der Waals surface area contributed by atoms with Crippen LogP contribution in [0, 0.1) is 12.7 Å². The van der Waals surface area contributed by atoms with E-state index >= 15 is 0 Å². The summed E-state index contributed by atoms with van der Waals surface area (Å²) in [5.74, 6) is -0.699. The van der Waals surface area contributed by atoms with Gasteiger partial charge in [-0.25, -0.2) is 9.37 Å². The minimum atomic E-state index is -0.378. The number of aromatic nitrogens is 1.